The van der Waals surface area contributed by atoms with Crippen LogP contribution in [0.25, 0.3) is 22.2 Å². The Morgan fingerprint density at radius 3 is 2.62 bits per heavy atom. The molecule has 1 fully saturated rings. The van der Waals surface area contributed by atoms with Crippen molar-refractivity contribution in [3.63, 3.8) is 0 Å². The molecule has 47 heavy (non-hydrogen) atoms. The third-order valence-corrected chi connectivity index (χ3v) is 9.04. The van der Waals surface area contributed by atoms with Crippen LogP contribution in [-0.4, -0.2) is 36.8 Å². The highest BCUT2D eigenvalue weighted by Crippen LogP contribution is 2.68. The summed E-state index contributed by atoms with van der Waals surface area (Å²) in [5.74, 6) is -8.07. The summed E-state index contributed by atoms with van der Waals surface area (Å²) in [6.45, 7) is -0.519. The fraction of sp³-hybridized carbons (Fsp3) is 0.281. The van der Waals surface area contributed by atoms with Gasteiger partial charge in [-0.05, 0) is 65.8 Å². The molecule has 15 heteroatoms. The Kier molecular flexibility index (Phi) is 6.47. The highest BCUT2D eigenvalue weighted by atomic mass is 19.3. The summed E-state index contributed by atoms with van der Waals surface area (Å²) in [7, 11) is 0. The molecule has 2 aromatic carbocycles. The molecule has 2 aliphatic carbocycles. The number of rotatable bonds is 8. The van der Waals surface area contributed by atoms with E-state index >= 15 is 8.78 Å². The number of fused-ring (bicyclic) bond motifs is 5. The molecule has 0 spiro atoms. The molecular weight excluding hydrogens is 628 g/mol. The number of H-pyrrole nitrogens is 1. The minimum atomic E-state index is -3.43. The molecule has 2 amide bonds. The standard InChI is InChI=1S/C32H23F6N7O2/c33-16-3-13(4-17(34)7-16)5-23(41-25(46)12-45-29-26(28(44-45)30(35)36)20-8-21(20)32(29,37)38)27-19(9-22-24(42-27)11-40-43-22)14-1-2-18-15(6-14)10-39-31(18)47/h1-4,6-7,9,11,20-21,23,30H,5,8,10,12H2,(H,39,47)(H,40,43)(H,41,46)/t20-,21?,23?/m0/s1. The van der Waals surface area contributed by atoms with Crippen molar-refractivity contribution in [3.05, 3.63) is 99.6 Å². The number of carbonyl (C=O) groups is 2. The smallest absolute Gasteiger partial charge is 0.293 e. The predicted octanol–water partition coefficient (Wildman–Crippen LogP) is 5.59. The van der Waals surface area contributed by atoms with Gasteiger partial charge < -0.3 is 10.6 Å². The number of aromatic amines is 1. The van der Waals surface area contributed by atoms with Gasteiger partial charge in [-0.3, -0.25) is 19.4 Å². The number of nitrogens with zero attached hydrogens (tertiary/aromatic N) is 4. The maximum atomic E-state index is 15.2. The first kappa shape index (κ1) is 29.2. The van der Waals surface area contributed by atoms with Gasteiger partial charge in [-0.1, -0.05) is 6.07 Å². The average Bonchev–Trinajstić information content (AvgIpc) is 3.25. The van der Waals surface area contributed by atoms with Gasteiger partial charge in [-0.2, -0.15) is 19.0 Å². The van der Waals surface area contributed by atoms with Gasteiger partial charge >= 0.3 is 0 Å². The lowest BCUT2D eigenvalue weighted by Gasteiger charge is -2.23. The maximum Gasteiger partial charge on any atom is 0.293 e. The average molecular weight is 652 g/mol. The van der Waals surface area contributed by atoms with E-state index in [0.29, 0.717) is 45.0 Å². The molecule has 9 nitrogen and oxygen atoms in total. The number of alkyl halides is 4. The Labute approximate surface area is 261 Å². The van der Waals surface area contributed by atoms with Gasteiger partial charge in [0.2, 0.25) is 5.91 Å². The first-order valence-electron chi connectivity index (χ1n) is 14.7. The molecule has 2 unspecified atom stereocenters. The number of hydrogen-bond acceptors (Lipinski definition) is 5. The molecule has 3 atom stereocenters. The molecule has 1 saturated carbocycles. The van der Waals surface area contributed by atoms with Crippen molar-refractivity contribution < 1.29 is 35.9 Å². The van der Waals surface area contributed by atoms with Crippen LogP contribution >= 0.6 is 0 Å². The van der Waals surface area contributed by atoms with Crippen LogP contribution in [0, 0.1) is 17.6 Å². The molecule has 0 saturated heterocycles. The summed E-state index contributed by atoms with van der Waals surface area (Å²) in [5.41, 5.74) is 2.00. The van der Waals surface area contributed by atoms with Gasteiger partial charge in [0.15, 0.2) is 0 Å². The van der Waals surface area contributed by atoms with E-state index in [4.69, 9.17) is 4.98 Å². The van der Waals surface area contributed by atoms with Gasteiger partial charge in [0.1, 0.15) is 35.1 Å². The van der Waals surface area contributed by atoms with E-state index in [1.807, 2.05) is 0 Å². The van der Waals surface area contributed by atoms with Crippen molar-refractivity contribution in [1.82, 2.24) is 35.6 Å². The molecule has 4 heterocycles. The zero-order valence-corrected chi connectivity index (χ0v) is 24.1. The summed E-state index contributed by atoms with van der Waals surface area (Å²) in [6.07, 6.45) is -1.78. The Bertz CT molecular complexity index is 2110. The minimum Gasteiger partial charge on any atom is -0.348 e. The number of carbonyl (C=O) groups excluding carboxylic acids is 2. The number of hydrogen-bond donors (Lipinski definition) is 3. The van der Waals surface area contributed by atoms with E-state index in [0.717, 1.165) is 17.7 Å². The third kappa shape index (κ3) is 4.82. The highest BCUT2D eigenvalue weighted by molar-refractivity contribution is 5.99. The molecule has 8 rings (SSSR count). The topological polar surface area (TPSA) is 118 Å². The molecule has 5 aromatic rings. The largest absolute Gasteiger partial charge is 0.348 e. The Morgan fingerprint density at radius 1 is 1.06 bits per heavy atom. The van der Waals surface area contributed by atoms with Crippen LogP contribution in [-0.2, 0) is 30.2 Å². The Hall–Kier alpha value is -5.21. The maximum absolute atomic E-state index is 15.2. The van der Waals surface area contributed by atoms with Crippen LogP contribution in [0.15, 0.2) is 48.7 Å². The van der Waals surface area contributed by atoms with Crippen molar-refractivity contribution in [2.45, 2.75) is 50.2 Å². The van der Waals surface area contributed by atoms with E-state index < -0.39 is 65.7 Å². The zero-order chi connectivity index (χ0) is 32.8. The molecular formula is C32H23F6N7O2. The number of nitrogens with one attached hydrogen (secondary N) is 3. The number of halogens is 6. The Morgan fingerprint density at radius 2 is 1.85 bits per heavy atom. The number of aromatic nitrogens is 5. The highest BCUT2D eigenvalue weighted by Gasteiger charge is 2.67. The second-order valence-corrected chi connectivity index (χ2v) is 12.1. The number of benzene rings is 2. The van der Waals surface area contributed by atoms with E-state index in [9.17, 15) is 27.2 Å². The summed E-state index contributed by atoms with van der Waals surface area (Å²) >= 11 is 0. The zero-order valence-electron chi connectivity index (χ0n) is 24.1. The quantitative estimate of drug-likeness (QED) is 0.189. The molecule has 0 radical (unpaired) electrons. The lowest BCUT2D eigenvalue weighted by molar-refractivity contribution is -0.123. The summed E-state index contributed by atoms with van der Waals surface area (Å²) < 4.78 is 87.2. The second kappa shape index (κ2) is 10.4. The molecule has 3 N–H and O–H groups in total. The predicted molar refractivity (Wildman–Crippen MR) is 153 cm³/mol. The van der Waals surface area contributed by atoms with Crippen LogP contribution in [0.1, 0.15) is 68.9 Å². The molecule has 3 aromatic heterocycles. The molecule has 0 bridgehead atoms. The van der Waals surface area contributed by atoms with Crippen LogP contribution in [0.4, 0.5) is 26.3 Å². The minimum absolute atomic E-state index is 0.0712. The molecule has 240 valence electrons. The van der Waals surface area contributed by atoms with Crippen molar-refractivity contribution in [2.24, 2.45) is 5.92 Å². The van der Waals surface area contributed by atoms with Crippen LogP contribution < -0.4 is 10.6 Å². The molecule has 1 aliphatic heterocycles. The van der Waals surface area contributed by atoms with E-state index in [1.165, 1.54) is 6.20 Å². The van der Waals surface area contributed by atoms with Crippen LogP contribution in [0.2, 0.25) is 0 Å². The fourth-order valence-corrected chi connectivity index (χ4v) is 6.92. The van der Waals surface area contributed by atoms with E-state index in [-0.39, 0.29) is 35.6 Å². The van der Waals surface area contributed by atoms with Crippen molar-refractivity contribution in [1.29, 1.82) is 0 Å². The fourth-order valence-electron chi connectivity index (χ4n) is 6.92. The number of amides is 2. The first-order valence-corrected chi connectivity index (χ1v) is 14.7. The van der Waals surface area contributed by atoms with Gasteiger partial charge in [0.25, 0.3) is 18.3 Å². The SMILES string of the molecule is O=C(Cn1nc(C(F)F)c2c1C(F)(F)C1C[C@H]21)NC(Cc1cc(F)cc(F)c1)c1nc2cn[nH]c2cc1-c1ccc2c(c1)CNC2=O. The van der Waals surface area contributed by atoms with Crippen molar-refractivity contribution in [3.8, 4) is 11.1 Å². The van der Waals surface area contributed by atoms with Gasteiger partial charge in [0.05, 0.1) is 23.4 Å². The van der Waals surface area contributed by atoms with Gasteiger partial charge in [-0.15, -0.1) is 0 Å². The normalized spacial score (nSPS) is 19.4. The van der Waals surface area contributed by atoms with Crippen molar-refractivity contribution in [2.75, 3.05) is 0 Å². The summed E-state index contributed by atoms with van der Waals surface area (Å²) in [4.78, 5) is 30.5. The molecule has 3 aliphatic rings. The number of pyridine rings is 1. The lowest BCUT2D eigenvalue weighted by atomic mass is 9.93. The van der Waals surface area contributed by atoms with Crippen LogP contribution in [0.3, 0.4) is 0 Å². The second-order valence-electron chi connectivity index (χ2n) is 12.1. The van der Waals surface area contributed by atoms with Crippen LogP contribution in [0.5, 0.6) is 0 Å². The van der Waals surface area contributed by atoms with Gasteiger partial charge in [0, 0.05) is 35.2 Å². The summed E-state index contributed by atoms with van der Waals surface area (Å²) in [6, 6.07) is 8.62. The Balaban J connectivity index is 1.20. The van der Waals surface area contributed by atoms with E-state index in [2.05, 4.69) is 25.9 Å². The first-order chi connectivity index (χ1) is 22.5. The van der Waals surface area contributed by atoms with Crippen molar-refractivity contribution >= 4 is 22.8 Å². The van der Waals surface area contributed by atoms with Gasteiger partial charge in [-0.25, -0.2) is 22.5 Å². The third-order valence-electron chi connectivity index (χ3n) is 9.04. The van der Waals surface area contributed by atoms with E-state index in [1.54, 1.807) is 24.3 Å². The lowest BCUT2D eigenvalue weighted by Crippen LogP contribution is -2.35. The monoisotopic (exact) mass is 651 g/mol. The summed E-state index contributed by atoms with van der Waals surface area (Å²) in [5, 5.41) is 16.1.